The van der Waals surface area contributed by atoms with E-state index in [4.69, 9.17) is 11.6 Å². The average Bonchev–Trinajstić information content (AvgIpc) is 2.36. The molecule has 0 aromatic carbocycles. The van der Waals surface area contributed by atoms with Crippen LogP contribution >= 0.6 is 11.6 Å². The first-order chi connectivity index (χ1) is 8.52. The van der Waals surface area contributed by atoms with Gasteiger partial charge in [0.2, 0.25) is 5.91 Å². The molecule has 0 bridgehead atoms. The SMILES string of the molecule is CCC(O)CNC(=O)CN(C)c1ccc(Cl)cn1. The van der Waals surface area contributed by atoms with Crippen molar-refractivity contribution in [1.29, 1.82) is 0 Å². The van der Waals surface area contributed by atoms with Crippen LogP contribution in [0.1, 0.15) is 13.3 Å². The van der Waals surface area contributed by atoms with E-state index in [0.29, 0.717) is 17.3 Å². The van der Waals surface area contributed by atoms with Gasteiger partial charge in [0.1, 0.15) is 5.82 Å². The number of rotatable bonds is 6. The number of pyridine rings is 1. The zero-order chi connectivity index (χ0) is 13.5. The van der Waals surface area contributed by atoms with Crippen LogP contribution in [0.25, 0.3) is 0 Å². The summed E-state index contributed by atoms with van der Waals surface area (Å²) in [5.41, 5.74) is 0. The van der Waals surface area contributed by atoms with Gasteiger partial charge < -0.3 is 15.3 Å². The number of likely N-dealkylation sites (N-methyl/N-ethyl adjacent to an activating group) is 1. The molecule has 1 aromatic heterocycles. The zero-order valence-electron chi connectivity index (χ0n) is 10.6. The minimum atomic E-state index is -0.493. The number of nitrogens with zero attached hydrogens (tertiary/aromatic N) is 2. The quantitative estimate of drug-likeness (QED) is 0.812. The summed E-state index contributed by atoms with van der Waals surface area (Å²) in [4.78, 5) is 17.4. The Hall–Kier alpha value is -1.33. The predicted molar refractivity (Wildman–Crippen MR) is 71.8 cm³/mol. The summed E-state index contributed by atoms with van der Waals surface area (Å²) in [7, 11) is 1.77. The number of anilines is 1. The maximum atomic E-state index is 11.6. The highest BCUT2D eigenvalue weighted by atomic mass is 35.5. The molecule has 0 saturated heterocycles. The third-order valence-corrected chi connectivity index (χ3v) is 2.71. The molecule has 18 heavy (non-hydrogen) atoms. The lowest BCUT2D eigenvalue weighted by Gasteiger charge is -2.18. The van der Waals surface area contributed by atoms with Gasteiger partial charge in [0.25, 0.3) is 0 Å². The number of carbonyl (C=O) groups is 1. The molecule has 0 aliphatic carbocycles. The van der Waals surface area contributed by atoms with Crippen LogP contribution in [0.2, 0.25) is 5.02 Å². The Labute approximate surface area is 112 Å². The molecule has 5 nitrogen and oxygen atoms in total. The Bertz CT molecular complexity index is 383. The summed E-state index contributed by atoms with van der Waals surface area (Å²) in [5.74, 6) is 0.521. The largest absolute Gasteiger partial charge is 0.391 e. The van der Waals surface area contributed by atoms with Crippen molar-refractivity contribution >= 4 is 23.3 Å². The fourth-order valence-electron chi connectivity index (χ4n) is 1.32. The fraction of sp³-hybridized carbons (Fsp3) is 0.500. The van der Waals surface area contributed by atoms with Crippen LogP contribution in [0, 0.1) is 0 Å². The van der Waals surface area contributed by atoms with Crippen LogP contribution in [-0.2, 0) is 4.79 Å². The fourth-order valence-corrected chi connectivity index (χ4v) is 1.43. The number of aliphatic hydroxyl groups excluding tert-OH is 1. The number of amides is 1. The zero-order valence-corrected chi connectivity index (χ0v) is 11.3. The van der Waals surface area contributed by atoms with Crippen LogP contribution in [-0.4, -0.2) is 42.2 Å². The molecule has 1 rings (SSSR count). The Balaban J connectivity index is 2.42. The minimum absolute atomic E-state index is 0.151. The molecule has 1 amide bonds. The molecule has 1 heterocycles. The van der Waals surface area contributed by atoms with Gasteiger partial charge in [-0.25, -0.2) is 4.98 Å². The molecular weight excluding hydrogens is 254 g/mol. The van der Waals surface area contributed by atoms with Gasteiger partial charge in [0.15, 0.2) is 0 Å². The number of nitrogens with one attached hydrogen (secondary N) is 1. The smallest absolute Gasteiger partial charge is 0.239 e. The van der Waals surface area contributed by atoms with E-state index in [-0.39, 0.29) is 19.0 Å². The molecule has 0 aliphatic heterocycles. The van der Waals surface area contributed by atoms with E-state index < -0.39 is 6.10 Å². The van der Waals surface area contributed by atoms with Gasteiger partial charge >= 0.3 is 0 Å². The van der Waals surface area contributed by atoms with Crippen LogP contribution < -0.4 is 10.2 Å². The standard InChI is InChI=1S/C12H18ClN3O2/c1-3-10(17)7-15-12(18)8-16(2)11-5-4-9(13)6-14-11/h4-6,10,17H,3,7-8H2,1-2H3,(H,15,18). The highest BCUT2D eigenvalue weighted by Crippen LogP contribution is 2.12. The molecule has 0 aliphatic rings. The van der Waals surface area contributed by atoms with E-state index in [1.165, 1.54) is 6.20 Å². The van der Waals surface area contributed by atoms with Gasteiger partial charge in [0, 0.05) is 19.8 Å². The Morgan fingerprint density at radius 1 is 1.61 bits per heavy atom. The van der Waals surface area contributed by atoms with Crippen LogP contribution in [0.3, 0.4) is 0 Å². The van der Waals surface area contributed by atoms with E-state index in [9.17, 15) is 9.90 Å². The Morgan fingerprint density at radius 2 is 2.33 bits per heavy atom. The summed E-state index contributed by atoms with van der Waals surface area (Å²) in [6.45, 7) is 2.32. The van der Waals surface area contributed by atoms with Gasteiger partial charge in [-0.15, -0.1) is 0 Å². The van der Waals surface area contributed by atoms with Gasteiger partial charge in [-0.3, -0.25) is 4.79 Å². The molecule has 1 unspecified atom stereocenters. The predicted octanol–water partition coefficient (Wildman–Crippen LogP) is 1.06. The van der Waals surface area contributed by atoms with Crippen molar-refractivity contribution < 1.29 is 9.90 Å². The third-order valence-electron chi connectivity index (χ3n) is 2.49. The van der Waals surface area contributed by atoms with Crippen LogP contribution in [0.5, 0.6) is 0 Å². The normalized spacial score (nSPS) is 12.0. The number of aliphatic hydroxyl groups is 1. The van der Waals surface area contributed by atoms with Gasteiger partial charge in [-0.05, 0) is 18.6 Å². The number of hydrogen-bond donors (Lipinski definition) is 2. The van der Waals surface area contributed by atoms with E-state index in [2.05, 4.69) is 10.3 Å². The van der Waals surface area contributed by atoms with Crippen molar-refractivity contribution in [3.8, 4) is 0 Å². The topological polar surface area (TPSA) is 65.5 Å². The van der Waals surface area contributed by atoms with Crippen molar-refractivity contribution in [3.05, 3.63) is 23.4 Å². The average molecular weight is 272 g/mol. The molecular formula is C12H18ClN3O2. The van der Waals surface area contributed by atoms with Gasteiger partial charge in [0.05, 0.1) is 17.7 Å². The first-order valence-corrected chi connectivity index (χ1v) is 6.18. The van der Waals surface area contributed by atoms with Crippen LogP contribution in [0.15, 0.2) is 18.3 Å². The molecule has 100 valence electrons. The molecule has 1 atom stereocenters. The van der Waals surface area contributed by atoms with Gasteiger partial charge in [-0.1, -0.05) is 18.5 Å². The highest BCUT2D eigenvalue weighted by Gasteiger charge is 2.09. The molecule has 0 spiro atoms. The number of carbonyl (C=O) groups excluding carboxylic acids is 1. The maximum absolute atomic E-state index is 11.6. The molecule has 0 radical (unpaired) electrons. The first-order valence-electron chi connectivity index (χ1n) is 5.80. The third kappa shape index (κ3) is 4.89. The molecule has 0 fully saturated rings. The van der Waals surface area contributed by atoms with Crippen molar-refractivity contribution in [2.24, 2.45) is 0 Å². The maximum Gasteiger partial charge on any atom is 0.239 e. The summed E-state index contributed by atoms with van der Waals surface area (Å²) in [5, 5.41) is 12.6. The van der Waals surface area contributed by atoms with Gasteiger partial charge in [-0.2, -0.15) is 0 Å². The van der Waals surface area contributed by atoms with Crippen molar-refractivity contribution in [2.45, 2.75) is 19.4 Å². The van der Waals surface area contributed by atoms with E-state index >= 15 is 0 Å². The van der Waals surface area contributed by atoms with Crippen molar-refractivity contribution in [1.82, 2.24) is 10.3 Å². The number of hydrogen-bond acceptors (Lipinski definition) is 4. The summed E-state index contributed by atoms with van der Waals surface area (Å²) < 4.78 is 0. The Kier molecular flexibility index (Phi) is 5.88. The summed E-state index contributed by atoms with van der Waals surface area (Å²) >= 11 is 5.73. The monoisotopic (exact) mass is 271 g/mol. The van der Waals surface area contributed by atoms with E-state index in [1.807, 2.05) is 6.92 Å². The Morgan fingerprint density at radius 3 is 2.89 bits per heavy atom. The van der Waals surface area contributed by atoms with Crippen molar-refractivity contribution in [2.75, 3.05) is 25.0 Å². The van der Waals surface area contributed by atoms with Crippen molar-refractivity contribution in [3.63, 3.8) is 0 Å². The first kappa shape index (κ1) is 14.7. The minimum Gasteiger partial charge on any atom is -0.391 e. The molecule has 1 aromatic rings. The second-order valence-electron chi connectivity index (χ2n) is 4.06. The lowest BCUT2D eigenvalue weighted by molar-refractivity contribution is -0.120. The number of aromatic nitrogens is 1. The lowest BCUT2D eigenvalue weighted by atomic mass is 10.3. The number of halogens is 1. The highest BCUT2D eigenvalue weighted by molar-refractivity contribution is 6.30. The van der Waals surface area contributed by atoms with Crippen LogP contribution in [0.4, 0.5) is 5.82 Å². The summed E-state index contributed by atoms with van der Waals surface area (Å²) in [6.07, 6.45) is 1.66. The second kappa shape index (κ2) is 7.18. The molecule has 2 N–H and O–H groups in total. The summed E-state index contributed by atoms with van der Waals surface area (Å²) in [6, 6.07) is 3.47. The van der Waals surface area contributed by atoms with E-state index in [0.717, 1.165) is 0 Å². The van der Waals surface area contributed by atoms with E-state index in [1.54, 1.807) is 24.1 Å². The second-order valence-corrected chi connectivity index (χ2v) is 4.49. The lowest BCUT2D eigenvalue weighted by Crippen LogP contribution is -2.39. The molecule has 6 heteroatoms. The molecule has 0 saturated carbocycles.